The fourth-order valence-electron chi connectivity index (χ4n) is 5.17. The first-order valence-electron chi connectivity index (χ1n) is 15.5. The maximum Gasteiger partial charge on any atom is 0.327 e. The van der Waals surface area contributed by atoms with Crippen molar-refractivity contribution >= 4 is 46.6 Å². The molecule has 1 aromatic carbocycles. The molecule has 46 heavy (non-hydrogen) atoms. The summed E-state index contributed by atoms with van der Waals surface area (Å²) in [5.74, 6) is -2.38. The summed E-state index contributed by atoms with van der Waals surface area (Å²) >= 11 is 0. The Balaban J connectivity index is 1.67. The number of hydrazine groups is 1. The Morgan fingerprint density at radius 1 is 1.07 bits per heavy atom. The average molecular weight is 638 g/mol. The molecule has 250 valence electrons. The highest BCUT2D eigenvalue weighted by atomic mass is 16.5. The Morgan fingerprint density at radius 3 is 2.37 bits per heavy atom. The minimum Gasteiger partial charge on any atom is -0.468 e. The summed E-state index contributed by atoms with van der Waals surface area (Å²) in [6.07, 6.45) is 4.19. The number of esters is 2. The Morgan fingerprint density at radius 2 is 1.74 bits per heavy atom. The van der Waals surface area contributed by atoms with E-state index in [0.29, 0.717) is 25.1 Å². The van der Waals surface area contributed by atoms with E-state index >= 15 is 0 Å². The number of fused-ring (bicyclic) bond motifs is 1. The molecule has 0 radical (unpaired) electrons. The minimum atomic E-state index is -1.05. The number of pyridine rings is 1. The number of carbonyl (C=O) groups excluding carboxylic acids is 5. The zero-order valence-electron chi connectivity index (χ0n) is 28.2. The first-order chi connectivity index (χ1) is 21.5. The number of ether oxygens (including phenoxy) is 2. The van der Waals surface area contributed by atoms with Gasteiger partial charge in [0.1, 0.15) is 23.7 Å². The summed E-state index contributed by atoms with van der Waals surface area (Å²) in [4.78, 5) is 68.2. The highest BCUT2D eigenvalue weighted by Crippen LogP contribution is 2.24. The molecular weight excluding hydrogens is 590 g/mol. The molecule has 0 spiro atoms. The molecule has 1 saturated heterocycles. The van der Waals surface area contributed by atoms with Crippen LogP contribution in [0.5, 0.6) is 0 Å². The van der Waals surface area contributed by atoms with E-state index < -0.39 is 46.9 Å². The van der Waals surface area contributed by atoms with Crippen molar-refractivity contribution in [2.24, 2.45) is 11.3 Å². The van der Waals surface area contributed by atoms with Gasteiger partial charge in [0.2, 0.25) is 11.8 Å². The van der Waals surface area contributed by atoms with Crippen molar-refractivity contribution in [1.82, 2.24) is 26.1 Å². The van der Waals surface area contributed by atoms with Gasteiger partial charge in [-0.2, -0.15) is 0 Å². The summed E-state index contributed by atoms with van der Waals surface area (Å²) in [7, 11) is 1.29. The van der Waals surface area contributed by atoms with Gasteiger partial charge in [0.15, 0.2) is 0 Å². The third-order valence-corrected chi connectivity index (χ3v) is 8.08. The SMILES string of the molecule is COC(=O)C1(C)CCCN(C(=O)C(C)NC(=O)C(NC(=O)C(C)(C)C=Cc2ccc3ccc([C@@H](C)OC(C)=O)nc3c2)C(C)C)N1. The van der Waals surface area contributed by atoms with Gasteiger partial charge in [0, 0.05) is 18.9 Å². The van der Waals surface area contributed by atoms with Crippen LogP contribution < -0.4 is 16.1 Å². The molecule has 12 heteroatoms. The van der Waals surface area contributed by atoms with Crippen LogP contribution in [0.1, 0.15) is 85.6 Å². The maximum atomic E-state index is 13.4. The number of amides is 3. The number of rotatable bonds is 11. The van der Waals surface area contributed by atoms with Gasteiger partial charge < -0.3 is 20.1 Å². The summed E-state index contributed by atoms with van der Waals surface area (Å²) in [5.41, 5.74) is 3.08. The van der Waals surface area contributed by atoms with Crippen LogP contribution in [0.4, 0.5) is 0 Å². The van der Waals surface area contributed by atoms with E-state index in [9.17, 15) is 24.0 Å². The normalized spacial score (nSPS) is 19.0. The van der Waals surface area contributed by atoms with Crippen molar-refractivity contribution < 1.29 is 33.4 Å². The number of carbonyl (C=O) groups is 5. The van der Waals surface area contributed by atoms with Crippen LogP contribution in [0.2, 0.25) is 0 Å². The standard InChI is InChI=1S/C34H47N5O7/c1-20(2)28(29(41)35-21(3)30(42)39-18-10-16-34(8,38-39)32(44)45-9)37-31(43)33(6,7)17-15-24-11-12-25-13-14-26(36-27(25)19-24)22(4)46-23(5)40/h11-15,17,19-22,28,38H,10,16,18H2,1-9H3,(H,35,41)(H,37,43)/t21?,22-,28?,34?/m1/s1. The number of nitrogens with one attached hydrogen (secondary N) is 3. The van der Waals surface area contributed by atoms with Crippen molar-refractivity contribution in [2.75, 3.05) is 13.7 Å². The smallest absolute Gasteiger partial charge is 0.327 e. The molecular formula is C34H47N5O7. The van der Waals surface area contributed by atoms with Gasteiger partial charge in [-0.05, 0) is 71.1 Å². The molecule has 3 N–H and O–H groups in total. The number of aromatic nitrogens is 1. The molecule has 2 heterocycles. The summed E-state index contributed by atoms with van der Waals surface area (Å²) < 4.78 is 10.1. The van der Waals surface area contributed by atoms with Crippen LogP contribution >= 0.6 is 0 Å². The molecule has 3 rings (SSSR count). The highest BCUT2D eigenvalue weighted by Gasteiger charge is 2.41. The van der Waals surface area contributed by atoms with E-state index in [4.69, 9.17) is 9.47 Å². The molecule has 1 fully saturated rings. The van der Waals surface area contributed by atoms with E-state index in [1.165, 1.54) is 19.0 Å². The van der Waals surface area contributed by atoms with Gasteiger partial charge in [-0.1, -0.05) is 44.2 Å². The van der Waals surface area contributed by atoms with Crippen LogP contribution in [-0.4, -0.2) is 70.9 Å². The first-order valence-corrected chi connectivity index (χ1v) is 15.5. The first kappa shape index (κ1) is 36.2. The van der Waals surface area contributed by atoms with Gasteiger partial charge >= 0.3 is 11.9 Å². The van der Waals surface area contributed by atoms with Crippen molar-refractivity contribution in [1.29, 1.82) is 0 Å². The van der Waals surface area contributed by atoms with Crippen LogP contribution in [-0.2, 0) is 33.4 Å². The van der Waals surface area contributed by atoms with Crippen molar-refractivity contribution in [2.45, 2.75) is 92.0 Å². The molecule has 0 aliphatic carbocycles. The molecule has 1 aliphatic rings. The van der Waals surface area contributed by atoms with E-state index in [2.05, 4.69) is 21.0 Å². The topological polar surface area (TPSA) is 156 Å². The average Bonchev–Trinajstić information content (AvgIpc) is 3.00. The second-order valence-electron chi connectivity index (χ2n) is 12.9. The summed E-state index contributed by atoms with van der Waals surface area (Å²) in [5, 5.41) is 7.85. The Hall–Kier alpha value is -4.32. The van der Waals surface area contributed by atoms with Gasteiger partial charge in [-0.3, -0.25) is 29.0 Å². The summed E-state index contributed by atoms with van der Waals surface area (Å²) in [6.45, 7) is 13.8. The van der Waals surface area contributed by atoms with Crippen molar-refractivity contribution in [3.8, 4) is 0 Å². The Bertz CT molecular complexity index is 1500. The van der Waals surface area contributed by atoms with Crippen LogP contribution in [0.25, 0.3) is 17.0 Å². The van der Waals surface area contributed by atoms with Crippen LogP contribution in [0.3, 0.4) is 0 Å². The lowest BCUT2D eigenvalue weighted by atomic mass is 9.89. The van der Waals surface area contributed by atoms with Gasteiger partial charge in [-0.15, -0.1) is 0 Å². The zero-order valence-corrected chi connectivity index (χ0v) is 28.2. The second-order valence-corrected chi connectivity index (χ2v) is 12.9. The predicted octanol–water partition coefficient (Wildman–Crippen LogP) is 3.60. The molecule has 0 saturated carbocycles. The number of nitrogens with zero attached hydrogens (tertiary/aromatic N) is 2. The largest absolute Gasteiger partial charge is 0.468 e. The number of hydrogen-bond donors (Lipinski definition) is 3. The molecule has 2 aromatic rings. The number of methoxy groups -OCH3 is 1. The highest BCUT2D eigenvalue weighted by molar-refractivity contribution is 5.94. The molecule has 4 atom stereocenters. The fourth-order valence-corrected chi connectivity index (χ4v) is 5.17. The van der Waals surface area contributed by atoms with Crippen LogP contribution in [0.15, 0.2) is 36.4 Å². The lowest BCUT2D eigenvalue weighted by molar-refractivity contribution is -0.157. The number of hydrogen-bond acceptors (Lipinski definition) is 9. The molecule has 1 aromatic heterocycles. The van der Waals surface area contributed by atoms with Gasteiger partial charge in [0.25, 0.3) is 5.91 Å². The number of benzene rings is 1. The van der Waals surface area contributed by atoms with Crippen molar-refractivity contribution in [3.63, 3.8) is 0 Å². The van der Waals surface area contributed by atoms with E-state index in [-0.39, 0.29) is 17.8 Å². The lowest BCUT2D eigenvalue weighted by Crippen LogP contribution is -2.65. The molecule has 1 aliphatic heterocycles. The zero-order chi connectivity index (χ0) is 34.4. The lowest BCUT2D eigenvalue weighted by Gasteiger charge is -2.40. The maximum absolute atomic E-state index is 13.4. The van der Waals surface area contributed by atoms with E-state index in [1.807, 2.05) is 50.3 Å². The van der Waals surface area contributed by atoms with Gasteiger partial charge in [-0.25, -0.2) is 10.4 Å². The third kappa shape index (κ3) is 8.90. The minimum absolute atomic E-state index is 0.267. The van der Waals surface area contributed by atoms with Gasteiger partial charge in [0.05, 0.1) is 23.7 Å². The fraction of sp³-hybridized carbons (Fsp3) is 0.529. The van der Waals surface area contributed by atoms with E-state index in [1.54, 1.807) is 40.7 Å². The quantitative estimate of drug-likeness (QED) is 0.313. The predicted molar refractivity (Wildman–Crippen MR) is 174 cm³/mol. The summed E-state index contributed by atoms with van der Waals surface area (Å²) in [6, 6.07) is 7.65. The molecule has 0 bridgehead atoms. The van der Waals surface area contributed by atoms with E-state index in [0.717, 1.165) is 16.5 Å². The second kappa shape index (κ2) is 14.8. The molecule has 3 amide bonds. The Labute approximate surface area is 270 Å². The van der Waals surface area contributed by atoms with Crippen LogP contribution in [0, 0.1) is 11.3 Å². The molecule has 12 nitrogen and oxygen atoms in total. The van der Waals surface area contributed by atoms with Crippen molar-refractivity contribution in [3.05, 3.63) is 47.7 Å². The third-order valence-electron chi connectivity index (χ3n) is 8.08. The Kier molecular flexibility index (Phi) is 11.7. The molecule has 3 unspecified atom stereocenters. The monoisotopic (exact) mass is 637 g/mol.